The summed E-state index contributed by atoms with van der Waals surface area (Å²) in [5, 5.41) is 2.54. The van der Waals surface area contributed by atoms with Gasteiger partial charge in [-0.1, -0.05) is 106 Å². The quantitative estimate of drug-likeness (QED) is 0.384. The fourth-order valence-corrected chi connectivity index (χ4v) is 8.69. The Morgan fingerprint density at radius 2 is 1.47 bits per heavy atom. The summed E-state index contributed by atoms with van der Waals surface area (Å²) >= 11 is 5.94. The van der Waals surface area contributed by atoms with Gasteiger partial charge in [0.2, 0.25) is 0 Å². The first-order chi connectivity index (χ1) is 14.3. The second-order valence-electron chi connectivity index (χ2n) is 8.49. The van der Waals surface area contributed by atoms with Crippen LogP contribution in [0.25, 0.3) is 5.57 Å². The molecule has 156 valence electrons. The highest BCUT2D eigenvalue weighted by Crippen LogP contribution is 2.37. The van der Waals surface area contributed by atoms with E-state index in [9.17, 15) is 4.39 Å². The third kappa shape index (κ3) is 4.59. The summed E-state index contributed by atoms with van der Waals surface area (Å²) in [6, 6.07) is 25.8. The molecule has 0 saturated carbocycles. The third-order valence-corrected chi connectivity index (χ3v) is 10.8. The maximum Gasteiger partial charge on any atom is 0.261 e. The monoisotopic (exact) mass is 438 g/mol. The lowest BCUT2D eigenvalue weighted by molar-refractivity contribution is 0.306. The highest BCUT2D eigenvalue weighted by Gasteiger charge is 2.49. The van der Waals surface area contributed by atoms with Gasteiger partial charge in [-0.15, -0.1) is 0 Å². The van der Waals surface area contributed by atoms with Gasteiger partial charge in [0.15, 0.2) is 0 Å². The third-order valence-electron chi connectivity index (χ3n) is 5.47. The smallest absolute Gasteiger partial charge is 0.261 e. The molecule has 0 amide bonds. The molecule has 0 aromatic heterocycles. The van der Waals surface area contributed by atoms with Gasteiger partial charge in [0.05, 0.1) is 5.02 Å². The summed E-state index contributed by atoms with van der Waals surface area (Å²) in [5.74, 6) is -0.420. The Balaban J connectivity index is 1.91. The summed E-state index contributed by atoms with van der Waals surface area (Å²) in [7, 11) is -2.56. The topological polar surface area (TPSA) is 9.23 Å². The highest BCUT2D eigenvalue weighted by atomic mass is 35.5. The predicted molar refractivity (Wildman–Crippen MR) is 129 cm³/mol. The fraction of sp³-hybridized carbons (Fsp3) is 0.231. The number of halogens is 2. The minimum Gasteiger partial charge on any atom is -0.407 e. The minimum atomic E-state index is -2.56. The molecule has 0 N–H and O–H groups in total. The molecule has 0 aliphatic rings. The highest BCUT2D eigenvalue weighted by molar-refractivity contribution is 6.99. The molecule has 3 aromatic rings. The van der Waals surface area contributed by atoms with Crippen LogP contribution in [0, 0.1) is 5.82 Å². The van der Waals surface area contributed by atoms with Crippen LogP contribution < -0.4 is 10.4 Å². The molecule has 0 unspecified atom stereocenters. The molecular weight excluding hydrogens is 411 g/mol. The van der Waals surface area contributed by atoms with E-state index in [1.165, 1.54) is 16.4 Å². The molecule has 4 heteroatoms. The summed E-state index contributed by atoms with van der Waals surface area (Å²) in [6.45, 7) is 11.5. The summed E-state index contributed by atoms with van der Waals surface area (Å²) in [4.78, 5) is 0. The lowest BCUT2D eigenvalue weighted by Crippen LogP contribution is -2.66. The van der Waals surface area contributed by atoms with Crippen molar-refractivity contribution in [1.82, 2.24) is 0 Å². The Kier molecular flexibility index (Phi) is 6.97. The lowest BCUT2D eigenvalue weighted by atomic mass is 10.1. The van der Waals surface area contributed by atoms with Crippen LogP contribution in [0.4, 0.5) is 4.39 Å². The van der Waals surface area contributed by atoms with Crippen molar-refractivity contribution >= 4 is 35.9 Å². The number of benzene rings is 3. The van der Waals surface area contributed by atoms with E-state index in [4.69, 9.17) is 16.0 Å². The van der Waals surface area contributed by atoms with E-state index in [1.807, 2.05) is 12.1 Å². The van der Waals surface area contributed by atoms with E-state index < -0.39 is 14.1 Å². The van der Waals surface area contributed by atoms with Crippen molar-refractivity contribution in [2.45, 2.75) is 32.2 Å². The van der Waals surface area contributed by atoms with Crippen molar-refractivity contribution in [3.8, 4) is 0 Å². The van der Waals surface area contributed by atoms with Crippen molar-refractivity contribution in [2.24, 2.45) is 0 Å². The largest absolute Gasteiger partial charge is 0.407 e. The average molecular weight is 439 g/mol. The minimum absolute atomic E-state index is 0.0732. The van der Waals surface area contributed by atoms with Crippen molar-refractivity contribution in [3.05, 3.63) is 102 Å². The van der Waals surface area contributed by atoms with Gasteiger partial charge in [0, 0.05) is 6.61 Å². The number of hydrogen-bond acceptors (Lipinski definition) is 1. The molecule has 3 aromatic carbocycles. The van der Waals surface area contributed by atoms with Gasteiger partial charge < -0.3 is 4.43 Å². The first-order valence-electron chi connectivity index (χ1n) is 10.1. The zero-order valence-corrected chi connectivity index (χ0v) is 19.5. The molecule has 0 saturated heterocycles. The Labute approximate surface area is 185 Å². The van der Waals surface area contributed by atoms with Crippen LogP contribution in [-0.4, -0.2) is 14.9 Å². The van der Waals surface area contributed by atoms with Crippen molar-refractivity contribution < 1.29 is 8.82 Å². The van der Waals surface area contributed by atoms with Crippen molar-refractivity contribution in [3.63, 3.8) is 0 Å². The predicted octanol–water partition coefficient (Wildman–Crippen LogP) is 6.46. The van der Waals surface area contributed by atoms with E-state index in [2.05, 4.69) is 75.9 Å². The number of hydrogen-bond donors (Lipinski definition) is 0. The van der Waals surface area contributed by atoms with Crippen LogP contribution in [-0.2, 0) is 4.43 Å². The summed E-state index contributed by atoms with van der Waals surface area (Å²) in [6.07, 6.45) is 0.645. The van der Waals surface area contributed by atoms with Crippen LogP contribution in [0.5, 0.6) is 0 Å². The molecule has 0 spiro atoms. The Morgan fingerprint density at radius 3 is 1.93 bits per heavy atom. The molecule has 0 aliphatic heterocycles. The molecular formula is C26H28ClFOSi. The average Bonchev–Trinajstić information content (AvgIpc) is 2.73. The maximum absolute atomic E-state index is 13.5. The van der Waals surface area contributed by atoms with Gasteiger partial charge in [-0.25, -0.2) is 4.39 Å². The SMILES string of the molecule is C=C(CCO[Si](c1ccccc1)(c1ccccc1)C(C)(C)C)c1ccc(F)c(Cl)c1. The molecule has 0 atom stereocenters. The van der Waals surface area contributed by atoms with E-state index in [-0.39, 0.29) is 10.1 Å². The molecule has 0 bridgehead atoms. The van der Waals surface area contributed by atoms with E-state index in [0.29, 0.717) is 13.0 Å². The van der Waals surface area contributed by atoms with Crippen LogP contribution in [0.3, 0.4) is 0 Å². The van der Waals surface area contributed by atoms with Crippen LogP contribution in [0.2, 0.25) is 10.1 Å². The van der Waals surface area contributed by atoms with Crippen LogP contribution >= 0.6 is 11.6 Å². The molecule has 0 fully saturated rings. The van der Waals surface area contributed by atoms with Crippen molar-refractivity contribution in [1.29, 1.82) is 0 Å². The summed E-state index contributed by atoms with van der Waals surface area (Å²) in [5.41, 5.74) is 1.72. The first kappa shape index (κ1) is 22.5. The molecule has 0 aliphatic carbocycles. The Morgan fingerprint density at radius 1 is 0.933 bits per heavy atom. The number of rotatable bonds is 7. The van der Waals surface area contributed by atoms with Gasteiger partial charge in [-0.3, -0.25) is 0 Å². The molecule has 30 heavy (non-hydrogen) atoms. The van der Waals surface area contributed by atoms with E-state index in [0.717, 1.165) is 11.1 Å². The summed E-state index contributed by atoms with van der Waals surface area (Å²) < 4.78 is 20.4. The molecule has 3 rings (SSSR count). The first-order valence-corrected chi connectivity index (χ1v) is 12.4. The molecule has 0 radical (unpaired) electrons. The van der Waals surface area contributed by atoms with E-state index in [1.54, 1.807) is 12.1 Å². The van der Waals surface area contributed by atoms with Crippen LogP contribution in [0.15, 0.2) is 85.4 Å². The van der Waals surface area contributed by atoms with Crippen molar-refractivity contribution in [2.75, 3.05) is 6.61 Å². The zero-order valence-electron chi connectivity index (χ0n) is 17.8. The maximum atomic E-state index is 13.5. The van der Waals surface area contributed by atoms with Gasteiger partial charge in [0.1, 0.15) is 5.82 Å². The van der Waals surface area contributed by atoms with Gasteiger partial charge in [0.25, 0.3) is 8.32 Å². The zero-order chi connectivity index (χ0) is 21.8. The normalized spacial score (nSPS) is 12.0. The van der Waals surface area contributed by atoms with Crippen LogP contribution in [0.1, 0.15) is 32.8 Å². The Bertz CT molecular complexity index is 957. The lowest BCUT2D eigenvalue weighted by Gasteiger charge is -2.43. The van der Waals surface area contributed by atoms with Gasteiger partial charge in [-0.2, -0.15) is 0 Å². The van der Waals surface area contributed by atoms with Gasteiger partial charge in [-0.05, 0) is 45.1 Å². The Hall–Kier alpha value is -2.20. The van der Waals surface area contributed by atoms with Gasteiger partial charge >= 0.3 is 0 Å². The molecule has 0 heterocycles. The molecule has 1 nitrogen and oxygen atoms in total. The second kappa shape index (κ2) is 9.30. The van der Waals surface area contributed by atoms with E-state index >= 15 is 0 Å². The standard InChI is InChI=1S/C26H28ClFOSi/c1-20(21-15-16-25(28)24(27)19-21)17-18-29-30(26(2,3)4,22-11-7-5-8-12-22)23-13-9-6-10-14-23/h5-16,19H,1,17-18H2,2-4H3. The fourth-order valence-electron chi connectivity index (χ4n) is 3.95. The second-order valence-corrected chi connectivity index (χ2v) is 13.2.